The van der Waals surface area contributed by atoms with E-state index < -0.39 is 16.0 Å². The van der Waals surface area contributed by atoms with Crippen molar-refractivity contribution in [2.24, 2.45) is 0 Å². The molecule has 0 aromatic heterocycles. The van der Waals surface area contributed by atoms with Crippen LogP contribution in [0, 0.1) is 0 Å². The zero-order valence-corrected chi connectivity index (χ0v) is 17.2. The van der Waals surface area contributed by atoms with Gasteiger partial charge < -0.3 is 9.64 Å². The lowest BCUT2D eigenvalue weighted by Gasteiger charge is -2.27. The summed E-state index contributed by atoms with van der Waals surface area (Å²) >= 11 is 5.92. The number of halogens is 1. The topological polar surface area (TPSA) is 92.8 Å². The van der Waals surface area contributed by atoms with E-state index in [1.165, 1.54) is 19.2 Å². The molecule has 1 fully saturated rings. The fraction of sp³-hybridized carbons (Fsp3) is 0.474. The van der Waals surface area contributed by atoms with Crippen molar-refractivity contribution < 1.29 is 22.7 Å². The summed E-state index contributed by atoms with van der Waals surface area (Å²) < 4.78 is 31.3. The number of allylic oxidation sites excluding steroid dienone is 2. The summed E-state index contributed by atoms with van der Waals surface area (Å²) in [7, 11) is -2.57. The summed E-state index contributed by atoms with van der Waals surface area (Å²) in [6, 6.07) is 4.02. The van der Waals surface area contributed by atoms with Crippen molar-refractivity contribution in [1.29, 1.82) is 0 Å². The van der Waals surface area contributed by atoms with Gasteiger partial charge in [-0.15, -0.1) is 0 Å². The predicted octanol–water partition coefficient (Wildman–Crippen LogP) is 2.85. The number of sulfonamides is 1. The number of hydrogen-bond acceptors (Lipinski definition) is 5. The Balaban J connectivity index is 1.69. The highest BCUT2D eigenvalue weighted by Crippen LogP contribution is 2.33. The Hall–Kier alpha value is -1.90. The predicted molar refractivity (Wildman–Crippen MR) is 104 cm³/mol. The first-order valence-electron chi connectivity index (χ1n) is 9.25. The molecule has 1 amide bonds. The van der Waals surface area contributed by atoms with Gasteiger partial charge in [0.25, 0.3) is 5.91 Å². The van der Waals surface area contributed by atoms with Crippen LogP contribution in [0.25, 0.3) is 0 Å². The molecule has 2 aliphatic rings. The first-order chi connectivity index (χ1) is 13.3. The van der Waals surface area contributed by atoms with Crippen LogP contribution in [0.4, 0.5) is 0 Å². The first-order valence-corrected chi connectivity index (χ1v) is 11.1. The lowest BCUT2D eigenvalue weighted by atomic mass is 10.0. The molecule has 0 atom stereocenters. The Labute approximate surface area is 169 Å². The molecule has 0 spiro atoms. The number of carbonyl (C=O) groups excluding carboxylic acids is 2. The fourth-order valence-electron chi connectivity index (χ4n) is 3.20. The maximum atomic E-state index is 12.7. The standard InChI is InChI=1S/C19H23ClN2O5S/c1-21-28(25,26)17-11-13(7-10-16(17)20)19(24)27-12-18(23)22(15-8-9-15)14-5-3-2-4-6-14/h5,7,10-11,15,21H,2-4,6,8-9,12H2,1H3. The molecular formula is C19H23ClN2O5S. The zero-order valence-electron chi connectivity index (χ0n) is 15.6. The number of esters is 1. The Morgan fingerprint density at radius 2 is 2.04 bits per heavy atom. The zero-order chi connectivity index (χ0) is 20.3. The number of carbonyl (C=O) groups is 2. The number of amides is 1. The van der Waals surface area contributed by atoms with E-state index in [0.29, 0.717) is 0 Å². The molecule has 1 saturated carbocycles. The summed E-state index contributed by atoms with van der Waals surface area (Å²) in [4.78, 5) is 26.6. The van der Waals surface area contributed by atoms with Crippen molar-refractivity contribution in [1.82, 2.24) is 9.62 Å². The third kappa shape index (κ3) is 4.74. The van der Waals surface area contributed by atoms with Gasteiger partial charge in [-0.3, -0.25) is 4.79 Å². The van der Waals surface area contributed by atoms with E-state index in [-0.39, 0.29) is 34.0 Å². The molecule has 152 valence electrons. The third-order valence-electron chi connectivity index (χ3n) is 4.81. The van der Waals surface area contributed by atoms with Crippen LogP contribution in [0.3, 0.4) is 0 Å². The van der Waals surface area contributed by atoms with Crippen LogP contribution in [0.1, 0.15) is 48.9 Å². The van der Waals surface area contributed by atoms with Gasteiger partial charge in [0.15, 0.2) is 6.61 Å². The molecule has 0 heterocycles. The average Bonchev–Trinajstić information content (AvgIpc) is 3.52. The second-order valence-electron chi connectivity index (χ2n) is 6.87. The smallest absolute Gasteiger partial charge is 0.338 e. The minimum absolute atomic E-state index is 0.00822. The van der Waals surface area contributed by atoms with Crippen molar-refractivity contribution in [3.8, 4) is 0 Å². The van der Waals surface area contributed by atoms with Crippen LogP contribution in [0.2, 0.25) is 5.02 Å². The summed E-state index contributed by atoms with van der Waals surface area (Å²) in [5.74, 6) is -1.02. The van der Waals surface area contributed by atoms with Gasteiger partial charge >= 0.3 is 5.97 Å². The van der Waals surface area contributed by atoms with E-state index in [4.69, 9.17) is 16.3 Å². The van der Waals surface area contributed by atoms with Crippen LogP contribution < -0.4 is 4.72 Å². The Kier molecular flexibility index (Phi) is 6.42. The fourth-order valence-corrected chi connectivity index (χ4v) is 4.45. The Morgan fingerprint density at radius 3 is 2.64 bits per heavy atom. The third-order valence-corrected chi connectivity index (χ3v) is 6.70. The SMILES string of the molecule is CNS(=O)(=O)c1cc(C(=O)OCC(=O)N(C2=CCCCC2)C2CC2)ccc1Cl. The normalized spacial score (nSPS) is 17.0. The molecule has 2 aliphatic carbocycles. The minimum Gasteiger partial charge on any atom is -0.452 e. The summed E-state index contributed by atoms with van der Waals surface area (Å²) in [5.41, 5.74) is 1.03. The number of hydrogen-bond donors (Lipinski definition) is 1. The van der Waals surface area contributed by atoms with E-state index in [1.54, 1.807) is 4.90 Å². The van der Waals surface area contributed by atoms with Gasteiger partial charge in [0.2, 0.25) is 10.0 Å². The lowest BCUT2D eigenvalue weighted by Crippen LogP contribution is -2.36. The van der Waals surface area contributed by atoms with Gasteiger partial charge in [-0.25, -0.2) is 17.9 Å². The van der Waals surface area contributed by atoms with Gasteiger partial charge in [-0.1, -0.05) is 17.7 Å². The van der Waals surface area contributed by atoms with Crippen molar-refractivity contribution in [2.45, 2.75) is 49.5 Å². The summed E-state index contributed by atoms with van der Waals surface area (Å²) in [6.07, 6.45) is 8.00. The number of nitrogens with one attached hydrogen (secondary N) is 1. The van der Waals surface area contributed by atoms with Crippen LogP contribution in [0.15, 0.2) is 34.9 Å². The Bertz CT molecular complexity index is 909. The molecule has 7 nitrogen and oxygen atoms in total. The van der Waals surface area contributed by atoms with E-state index in [1.807, 2.05) is 0 Å². The van der Waals surface area contributed by atoms with Crippen LogP contribution >= 0.6 is 11.6 Å². The average molecular weight is 427 g/mol. The largest absolute Gasteiger partial charge is 0.452 e. The van der Waals surface area contributed by atoms with Crippen LogP contribution in [-0.4, -0.2) is 44.9 Å². The number of rotatable bonds is 7. The van der Waals surface area contributed by atoms with Gasteiger partial charge in [0.1, 0.15) is 4.90 Å². The molecular weight excluding hydrogens is 404 g/mol. The minimum atomic E-state index is -3.82. The molecule has 0 unspecified atom stereocenters. The van der Waals surface area contributed by atoms with Gasteiger partial charge in [-0.05, 0) is 63.8 Å². The number of benzene rings is 1. The molecule has 0 aliphatic heterocycles. The second kappa shape index (κ2) is 8.63. The monoisotopic (exact) mass is 426 g/mol. The van der Waals surface area contributed by atoms with Crippen molar-refractivity contribution in [2.75, 3.05) is 13.7 Å². The van der Waals surface area contributed by atoms with E-state index in [0.717, 1.165) is 50.3 Å². The van der Waals surface area contributed by atoms with Crippen LogP contribution in [0.5, 0.6) is 0 Å². The quantitative estimate of drug-likeness (QED) is 0.677. The van der Waals surface area contributed by atoms with E-state index >= 15 is 0 Å². The van der Waals surface area contributed by atoms with E-state index in [2.05, 4.69) is 10.8 Å². The molecule has 1 aromatic carbocycles. The van der Waals surface area contributed by atoms with Gasteiger partial charge in [-0.2, -0.15) is 0 Å². The molecule has 1 aromatic rings. The van der Waals surface area contributed by atoms with Gasteiger partial charge in [0.05, 0.1) is 10.6 Å². The van der Waals surface area contributed by atoms with Crippen molar-refractivity contribution >= 4 is 33.5 Å². The van der Waals surface area contributed by atoms with Crippen LogP contribution in [-0.2, 0) is 19.6 Å². The van der Waals surface area contributed by atoms with Crippen molar-refractivity contribution in [3.63, 3.8) is 0 Å². The molecule has 0 radical (unpaired) electrons. The molecule has 1 N–H and O–H groups in total. The maximum Gasteiger partial charge on any atom is 0.338 e. The highest BCUT2D eigenvalue weighted by Gasteiger charge is 2.35. The van der Waals surface area contributed by atoms with Crippen molar-refractivity contribution in [3.05, 3.63) is 40.6 Å². The summed E-state index contributed by atoms with van der Waals surface area (Å²) in [5, 5.41) is -0.00822. The molecule has 28 heavy (non-hydrogen) atoms. The first kappa shape index (κ1) is 20.8. The van der Waals surface area contributed by atoms with E-state index in [9.17, 15) is 18.0 Å². The molecule has 3 rings (SSSR count). The highest BCUT2D eigenvalue weighted by atomic mass is 35.5. The number of nitrogens with zero attached hydrogens (tertiary/aromatic N) is 1. The van der Waals surface area contributed by atoms with Gasteiger partial charge in [0, 0.05) is 11.7 Å². The Morgan fingerprint density at radius 1 is 1.29 bits per heavy atom. The molecule has 9 heteroatoms. The maximum absolute atomic E-state index is 12.7. The number of ether oxygens (including phenoxy) is 1. The molecule has 0 bridgehead atoms. The lowest BCUT2D eigenvalue weighted by molar-refractivity contribution is -0.133. The molecule has 0 saturated heterocycles. The second-order valence-corrected chi connectivity index (χ2v) is 9.13. The highest BCUT2D eigenvalue weighted by molar-refractivity contribution is 7.89. The summed E-state index contributed by atoms with van der Waals surface area (Å²) in [6.45, 7) is -0.386.